The number of rotatable bonds is 2. The molecule has 0 heterocycles. The first kappa shape index (κ1) is 8.40. The summed E-state index contributed by atoms with van der Waals surface area (Å²) in [6, 6.07) is 0. The zero-order valence-electron chi connectivity index (χ0n) is 3.77. The van der Waals surface area contributed by atoms with Gasteiger partial charge in [0.15, 0.2) is 0 Å². The summed E-state index contributed by atoms with van der Waals surface area (Å²) < 4.78 is -1.73. The summed E-state index contributed by atoms with van der Waals surface area (Å²) in [4.78, 5) is 9.94. The zero-order valence-corrected chi connectivity index (χ0v) is 6.17. The molecule has 0 saturated heterocycles. The minimum absolute atomic E-state index is 0.0918. The van der Waals surface area contributed by atoms with Crippen molar-refractivity contribution in [3.8, 4) is 0 Å². The van der Waals surface area contributed by atoms with Gasteiger partial charge in [0.1, 0.15) is 0 Å². The lowest BCUT2D eigenvalue weighted by molar-refractivity contribution is -0.137. The average molecular weight is 175 g/mol. The third kappa shape index (κ3) is 2.11. The molecule has 0 spiro atoms. The van der Waals surface area contributed by atoms with Gasteiger partial charge in [0.05, 0.1) is 0 Å². The molecule has 0 aromatic rings. The molecule has 0 radical (unpaired) electrons. The van der Waals surface area contributed by atoms with E-state index in [1.54, 1.807) is 0 Å². The van der Waals surface area contributed by atoms with Gasteiger partial charge >= 0.3 is 5.97 Å². The second kappa shape index (κ2) is 2.80. The molecule has 0 aromatic heterocycles. The predicted molar refractivity (Wildman–Crippen MR) is 35.9 cm³/mol. The largest absolute Gasteiger partial charge is 0.479 e. The molecule has 0 rings (SSSR count). The number of carbonyl (C=O) groups is 1. The lowest BCUT2D eigenvalue weighted by Crippen LogP contribution is -2.26. The molecule has 0 fully saturated rings. The van der Waals surface area contributed by atoms with Crippen molar-refractivity contribution in [3.05, 3.63) is 0 Å². The van der Waals surface area contributed by atoms with Gasteiger partial charge in [-0.05, 0) is 0 Å². The molecular formula is C3H4Cl2O2S. The van der Waals surface area contributed by atoms with Gasteiger partial charge in [0.25, 0.3) is 0 Å². The number of carboxylic acids is 1. The second-order valence-corrected chi connectivity index (χ2v) is 2.97. The van der Waals surface area contributed by atoms with Crippen molar-refractivity contribution in [1.82, 2.24) is 0 Å². The van der Waals surface area contributed by atoms with Crippen LogP contribution in [0, 0.1) is 0 Å². The third-order valence-electron chi connectivity index (χ3n) is 0.511. The van der Waals surface area contributed by atoms with Crippen molar-refractivity contribution in [2.45, 2.75) is 4.33 Å². The Bertz CT molecular complexity index is 103. The van der Waals surface area contributed by atoms with E-state index in [0.29, 0.717) is 0 Å². The van der Waals surface area contributed by atoms with Crippen LogP contribution in [0.1, 0.15) is 0 Å². The van der Waals surface area contributed by atoms with Gasteiger partial charge in [0.2, 0.25) is 4.33 Å². The number of halogens is 2. The highest BCUT2D eigenvalue weighted by Crippen LogP contribution is 2.21. The highest BCUT2D eigenvalue weighted by molar-refractivity contribution is 7.80. The average Bonchev–Trinajstić information content (AvgIpc) is 1.67. The van der Waals surface area contributed by atoms with Gasteiger partial charge in [-0.25, -0.2) is 4.79 Å². The van der Waals surface area contributed by atoms with Crippen LogP contribution < -0.4 is 0 Å². The maximum Gasteiger partial charge on any atom is 0.341 e. The van der Waals surface area contributed by atoms with Crippen LogP contribution in [-0.2, 0) is 4.79 Å². The first-order valence-electron chi connectivity index (χ1n) is 1.73. The first-order chi connectivity index (χ1) is 3.50. The molecule has 2 nitrogen and oxygen atoms in total. The van der Waals surface area contributed by atoms with Gasteiger partial charge in [-0.2, -0.15) is 12.6 Å². The Hall–Kier alpha value is 0.400. The van der Waals surface area contributed by atoms with Gasteiger partial charge in [0, 0.05) is 5.75 Å². The van der Waals surface area contributed by atoms with E-state index in [0.717, 1.165) is 0 Å². The standard InChI is InChI=1S/C3H4Cl2O2S/c4-3(5,1-8)2(6)7/h8H,1H2,(H,6,7). The number of alkyl halides is 2. The fourth-order valence-electron chi connectivity index (χ4n) is 0.0676. The number of carboxylic acid groups (broad SMARTS) is 1. The maximum absolute atomic E-state index is 9.94. The van der Waals surface area contributed by atoms with Crippen LogP contribution in [0.15, 0.2) is 0 Å². The van der Waals surface area contributed by atoms with Crippen molar-refractivity contribution in [2.75, 3.05) is 5.75 Å². The Morgan fingerprint density at radius 3 is 2.12 bits per heavy atom. The molecule has 0 aliphatic heterocycles. The highest BCUT2D eigenvalue weighted by Gasteiger charge is 2.31. The zero-order chi connectivity index (χ0) is 6.78. The van der Waals surface area contributed by atoms with Crippen LogP contribution in [0.4, 0.5) is 0 Å². The molecule has 0 bridgehead atoms. The fraction of sp³-hybridized carbons (Fsp3) is 0.667. The quantitative estimate of drug-likeness (QED) is 0.488. The van der Waals surface area contributed by atoms with Crippen LogP contribution in [0.2, 0.25) is 0 Å². The predicted octanol–water partition coefficient (Wildman–Crippen LogP) is 1.17. The molecule has 0 unspecified atom stereocenters. The van der Waals surface area contributed by atoms with Crippen molar-refractivity contribution >= 4 is 41.8 Å². The molecule has 0 amide bonds. The van der Waals surface area contributed by atoms with Crippen molar-refractivity contribution in [3.63, 3.8) is 0 Å². The molecule has 0 atom stereocenters. The number of hydrogen-bond donors (Lipinski definition) is 2. The van der Waals surface area contributed by atoms with Gasteiger partial charge in [-0.1, -0.05) is 23.2 Å². The Balaban J connectivity index is 3.91. The first-order valence-corrected chi connectivity index (χ1v) is 3.11. The van der Waals surface area contributed by atoms with Crippen molar-refractivity contribution < 1.29 is 9.90 Å². The lowest BCUT2D eigenvalue weighted by atomic mass is 10.5. The molecule has 1 N–H and O–H groups in total. The minimum Gasteiger partial charge on any atom is -0.479 e. The monoisotopic (exact) mass is 174 g/mol. The molecule has 0 aliphatic rings. The number of hydrogen-bond acceptors (Lipinski definition) is 2. The molecule has 0 aromatic carbocycles. The molecule has 48 valence electrons. The van der Waals surface area contributed by atoms with Crippen molar-refractivity contribution in [2.24, 2.45) is 0 Å². The molecule has 8 heavy (non-hydrogen) atoms. The van der Waals surface area contributed by atoms with Crippen LogP contribution in [0.3, 0.4) is 0 Å². The Morgan fingerprint density at radius 1 is 1.75 bits per heavy atom. The van der Waals surface area contributed by atoms with Crippen molar-refractivity contribution in [1.29, 1.82) is 0 Å². The lowest BCUT2D eigenvalue weighted by Gasteiger charge is -2.07. The summed E-state index contributed by atoms with van der Waals surface area (Å²) in [6.45, 7) is 0. The minimum atomic E-state index is -1.73. The van der Waals surface area contributed by atoms with E-state index >= 15 is 0 Å². The normalized spacial score (nSPS) is 11.4. The van der Waals surface area contributed by atoms with E-state index in [-0.39, 0.29) is 5.75 Å². The summed E-state index contributed by atoms with van der Waals surface area (Å²) in [5.41, 5.74) is 0. The maximum atomic E-state index is 9.94. The van der Waals surface area contributed by atoms with Crippen LogP contribution in [0.5, 0.6) is 0 Å². The van der Waals surface area contributed by atoms with Crippen LogP contribution >= 0.6 is 35.8 Å². The Morgan fingerprint density at radius 2 is 2.12 bits per heavy atom. The number of thiol groups is 1. The molecule has 0 aliphatic carbocycles. The Labute approximate surface area is 62.2 Å². The van der Waals surface area contributed by atoms with E-state index in [2.05, 4.69) is 12.6 Å². The molecule has 5 heteroatoms. The van der Waals surface area contributed by atoms with E-state index in [9.17, 15) is 4.79 Å². The summed E-state index contributed by atoms with van der Waals surface area (Å²) in [7, 11) is 0. The third-order valence-corrected chi connectivity index (χ3v) is 1.95. The summed E-state index contributed by atoms with van der Waals surface area (Å²) >= 11 is 13.9. The Kier molecular flexibility index (Phi) is 2.94. The SMILES string of the molecule is O=C(O)C(Cl)(Cl)CS. The second-order valence-electron chi connectivity index (χ2n) is 1.17. The molecular weight excluding hydrogens is 171 g/mol. The fourth-order valence-corrected chi connectivity index (χ4v) is 0.203. The van der Waals surface area contributed by atoms with E-state index in [4.69, 9.17) is 28.3 Å². The molecule has 0 saturated carbocycles. The topological polar surface area (TPSA) is 37.3 Å². The number of aliphatic carboxylic acids is 1. The summed E-state index contributed by atoms with van der Waals surface area (Å²) in [6.07, 6.45) is 0. The van der Waals surface area contributed by atoms with Gasteiger partial charge in [-0.15, -0.1) is 0 Å². The van der Waals surface area contributed by atoms with Crippen LogP contribution in [0.25, 0.3) is 0 Å². The van der Waals surface area contributed by atoms with Gasteiger partial charge in [-0.3, -0.25) is 0 Å². The van der Waals surface area contributed by atoms with Crippen LogP contribution in [-0.4, -0.2) is 21.2 Å². The smallest absolute Gasteiger partial charge is 0.341 e. The van der Waals surface area contributed by atoms with E-state index in [1.807, 2.05) is 0 Å². The highest BCUT2D eigenvalue weighted by atomic mass is 35.5. The van der Waals surface area contributed by atoms with E-state index < -0.39 is 10.3 Å². The van der Waals surface area contributed by atoms with E-state index in [1.165, 1.54) is 0 Å². The summed E-state index contributed by atoms with van der Waals surface area (Å²) in [5.74, 6) is -1.36. The summed E-state index contributed by atoms with van der Waals surface area (Å²) in [5, 5.41) is 8.13. The van der Waals surface area contributed by atoms with Gasteiger partial charge < -0.3 is 5.11 Å².